The van der Waals surface area contributed by atoms with E-state index in [4.69, 9.17) is 15.6 Å². The third-order valence-electron chi connectivity index (χ3n) is 8.88. The summed E-state index contributed by atoms with van der Waals surface area (Å²) in [5.74, 6) is 1.23. The van der Waals surface area contributed by atoms with E-state index in [1.54, 1.807) is 13.4 Å². The third-order valence-corrected chi connectivity index (χ3v) is 8.88. The highest BCUT2D eigenvalue weighted by molar-refractivity contribution is 5.99. The second-order valence-electron chi connectivity index (χ2n) is 11.2. The first-order chi connectivity index (χ1) is 19.6. The van der Waals surface area contributed by atoms with Crippen LogP contribution in [0.25, 0.3) is 44.5 Å². The number of nitrogens with zero attached hydrogens (tertiary/aromatic N) is 6. The van der Waals surface area contributed by atoms with E-state index >= 15 is 0 Å². The van der Waals surface area contributed by atoms with E-state index in [9.17, 15) is 0 Å². The van der Waals surface area contributed by atoms with Crippen LogP contribution in [-0.4, -0.2) is 80.9 Å². The van der Waals surface area contributed by atoms with Gasteiger partial charge in [-0.25, -0.2) is 14.6 Å². The Morgan fingerprint density at radius 1 is 0.925 bits per heavy atom. The number of hydrogen-bond acceptors (Lipinski definition) is 7. The van der Waals surface area contributed by atoms with Crippen molar-refractivity contribution in [1.82, 2.24) is 34.5 Å². The average Bonchev–Trinajstić information content (AvgIpc) is 3.60. The number of rotatable bonds is 5. The zero-order valence-corrected chi connectivity index (χ0v) is 23.2. The van der Waals surface area contributed by atoms with Gasteiger partial charge in [0.05, 0.1) is 24.2 Å². The standard InChI is InChI=1S/C31H36N8O/c1-37-13-15-38(16-14-37)22-8-10-23(11-9-22)39-31-28(30(32)33-19-34-31)29(36-39)21-7-12-24(27(18-21)40-2)26-17-20-5-3-4-6-25(20)35-26/h3-7,12,17-19,22-23,35H,8-11,13-16H2,1-2H3,(H2,32,33,34). The minimum absolute atomic E-state index is 0.293. The molecule has 9 nitrogen and oxygen atoms in total. The Morgan fingerprint density at radius 3 is 2.48 bits per heavy atom. The number of anilines is 1. The summed E-state index contributed by atoms with van der Waals surface area (Å²) in [5, 5.41) is 7.13. The van der Waals surface area contributed by atoms with Gasteiger partial charge in [-0.3, -0.25) is 4.90 Å². The van der Waals surface area contributed by atoms with E-state index in [0.717, 1.165) is 70.7 Å². The molecule has 3 aromatic heterocycles. The lowest BCUT2D eigenvalue weighted by molar-refractivity contribution is 0.0815. The fourth-order valence-corrected chi connectivity index (χ4v) is 6.59. The zero-order valence-electron chi connectivity index (χ0n) is 23.2. The first-order valence-electron chi connectivity index (χ1n) is 14.3. The van der Waals surface area contributed by atoms with Crippen molar-refractivity contribution in [3.05, 3.63) is 54.9 Å². The molecule has 2 aliphatic rings. The average molecular weight is 537 g/mol. The third kappa shape index (κ3) is 4.39. The van der Waals surface area contributed by atoms with Gasteiger partial charge < -0.3 is 20.4 Å². The van der Waals surface area contributed by atoms with E-state index in [0.29, 0.717) is 17.9 Å². The number of nitrogens with two attached hydrogens (primary N) is 1. The molecule has 0 amide bonds. The summed E-state index contributed by atoms with van der Waals surface area (Å²) in [6.07, 6.45) is 6.08. The van der Waals surface area contributed by atoms with E-state index in [1.807, 2.05) is 18.2 Å². The second-order valence-corrected chi connectivity index (χ2v) is 11.2. The van der Waals surface area contributed by atoms with Gasteiger partial charge in [0.25, 0.3) is 0 Å². The number of aromatic nitrogens is 5. The monoisotopic (exact) mass is 536 g/mol. The number of nitrogens with one attached hydrogen (secondary N) is 1. The Morgan fingerprint density at radius 2 is 1.70 bits per heavy atom. The number of H-pyrrole nitrogens is 1. The van der Waals surface area contributed by atoms with Gasteiger partial charge in [-0.1, -0.05) is 24.3 Å². The Bertz CT molecular complexity index is 1620. The van der Waals surface area contributed by atoms with Crippen molar-refractivity contribution in [2.45, 2.75) is 37.8 Å². The normalized spacial score (nSPS) is 20.9. The van der Waals surface area contributed by atoms with Crippen LogP contribution in [-0.2, 0) is 0 Å². The van der Waals surface area contributed by atoms with Crippen LogP contribution in [0.4, 0.5) is 5.82 Å². The molecule has 2 fully saturated rings. The quantitative estimate of drug-likeness (QED) is 0.327. The molecule has 2 aromatic carbocycles. The van der Waals surface area contributed by atoms with Gasteiger partial charge in [0.2, 0.25) is 0 Å². The highest BCUT2D eigenvalue weighted by Gasteiger charge is 2.31. The van der Waals surface area contributed by atoms with Crippen molar-refractivity contribution >= 4 is 27.8 Å². The van der Waals surface area contributed by atoms with Crippen LogP contribution < -0.4 is 10.5 Å². The highest BCUT2D eigenvalue weighted by atomic mass is 16.5. The Kier molecular flexibility index (Phi) is 6.40. The van der Waals surface area contributed by atoms with Gasteiger partial charge in [-0.05, 0) is 57.0 Å². The molecule has 9 heteroatoms. The summed E-state index contributed by atoms with van der Waals surface area (Å²) in [4.78, 5) is 17.6. The molecule has 7 rings (SSSR count). The summed E-state index contributed by atoms with van der Waals surface area (Å²) in [6.45, 7) is 4.65. The van der Waals surface area contributed by atoms with Gasteiger partial charge in [0.1, 0.15) is 23.6 Å². The van der Waals surface area contributed by atoms with E-state index in [1.165, 1.54) is 31.3 Å². The molecule has 3 N–H and O–H groups in total. The van der Waals surface area contributed by atoms with Gasteiger partial charge in [0, 0.05) is 54.3 Å². The molecule has 4 heterocycles. The van der Waals surface area contributed by atoms with E-state index < -0.39 is 0 Å². The zero-order chi connectivity index (χ0) is 27.2. The lowest BCUT2D eigenvalue weighted by atomic mass is 9.90. The van der Waals surface area contributed by atoms with Crippen molar-refractivity contribution in [1.29, 1.82) is 0 Å². The number of ether oxygens (including phenoxy) is 1. The molecule has 1 aliphatic heterocycles. The fourth-order valence-electron chi connectivity index (χ4n) is 6.59. The summed E-state index contributed by atoms with van der Waals surface area (Å²) >= 11 is 0. The first kappa shape index (κ1) is 25.0. The molecule has 206 valence electrons. The number of nitrogen functional groups attached to an aromatic ring is 1. The molecule has 1 aliphatic carbocycles. The van der Waals surface area contributed by atoms with Crippen molar-refractivity contribution in [3.63, 3.8) is 0 Å². The SMILES string of the molecule is COc1cc(-c2nn(C3CCC(N4CCN(C)CC4)CC3)c3ncnc(N)c23)ccc1-c1cc2ccccc2[nH]1. The van der Waals surface area contributed by atoms with Crippen molar-refractivity contribution < 1.29 is 4.74 Å². The fraction of sp³-hybridized carbons (Fsp3) is 0.387. The van der Waals surface area contributed by atoms with Crippen LogP contribution in [0, 0.1) is 0 Å². The molecular formula is C31H36N8O. The molecule has 1 saturated heterocycles. The van der Waals surface area contributed by atoms with Crippen LogP contribution in [0.15, 0.2) is 54.9 Å². The smallest absolute Gasteiger partial charge is 0.164 e. The largest absolute Gasteiger partial charge is 0.496 e. The summed E-state index contributed by atoms with van der Waals surface area (Å²) in [6, 6.07) is 17.6. The van der Waals surface area contributed by atoms with Crippen molar-refractivity contribution in [3.8, 4) is 28.3 Å². The predicted octanol–water partition coefficient (Wildman–Crippen LogP) is 4.96. The van der Waals surface area contributed by atoms with Crippen molar-refractivity contribution in [2.24, 2.45) is 0 Å². The highest BCUT2D eigenvalue weighted by Crippen LogP contribution is 2.40. The molecular weight excluding hydrogens is 500 g/mol. The van der Waals surface area contributed by atoms with Crippen LogP contribution in [0.5, 0.6) is 5.75 Å². The Hall–Kier alpha value is -3.95. The molecule has 0 bridgehead atoms. The minimum Gasteiger partial charge on any atom is -0.496 e. The van der Waals surface area contributed by atoms with Crippen LogP contribution >= 0.6 is 0 Å². The number of likely N-dealkylation sites (N-methyl/N-ethyl adjacent to an activating group) is 1. The molecule has 40 heavy (non-hydrogen) atoms. The molecule has 0 unspecified atom stereocenters. The molecule has 0 radical (unpaired) electrons. The lowest BCUT2D eigenvalue weighted by Gasteiger charge is -2.41. The molecule has 0 atom stereocenters. The maximum absolute atomic E-state index is 6.45. The summed E-state index contributed by atoms with van der Waals surface area (Å²) in [7, 11) is 3.92. The van der Waals surface area contributed by atoms with Crippen LogP contribution in [0.2, 0.25) is 0 Å². The van der Waals surface area contributed by atoms with Gasteiger partial charge >= 0.3 is 0 Å². The predicted molar refractivity (Wildman–Crippen MR) is 159 cm³/mol. The number of fused-ring (bicyclic) bond motifs is 2. The van der Waals surface area contributed by atoms with Gasteiger partial charge in [-0.2, -0.15) is 5.10 Å². The number of methoxy groups -OCH3 is 1. The molecule has 0 spiro atoms. The second kappa shape index (κ2) is 10.2. The molecule has 1 saturated carbocycles. The number of benzene rings is 2. The van der Waals surface area contributed by atoms with E-state index in [-0.39, 0.29) is 0 Å². The first-order valence-corrected chi connectivity index (χ1v) is 14.3. The van der Waals surface area contributed by atoms with Gasteiger partial charge in [0.15, 0.2) is 5.65 Å². The summed E-state index contributed by atoms with van der Waals surface area (Å²) < 4.78 is 7.99. The number of aromatic amines is 1. The maximum atomic E-state index is 6.45. The number of para-hydroxylation sites is 1. The lowest BCUT2D eigenvalue weighted by Crippen LogP contribution is -2.49. The van der Waals surface area contributed by atoms with E-state index in [2.05, 4.69) is 66.8 Å². The van der Waals surface area contributed by atoms with Crippen LogP contribution in [0.1, 0.15) is 31.7 Å². The van der Waals surface area contributed by atoms with Crippen LogP contribution in [0.3, 0.4) is 0 Å². The maximum Gasteiger partial charge on any atom is 0.164 e. The number of piperazine rings is 1. The number of hydrogen-bond donors (Lipinski definition) is 2. The topological polar surface area (TPSA) is 101 Å². The molecule has 5 aromatic rings. The van der Waals surface area contributed by atoms with Crippen molar-refractivity contribution in [2.75, 3.05) is 46.1 Å². The Balaban J connectivity index is 1.21. The Labute approximate surface area is 234 Å². The minimum atomic E-state index is 0.293. The summed E-state index contributed by atoms with van der Waals surface area (Å²) in [5.41, 5.74) is 12.1. The van der Waals surface area contributed by atoms with Gasteiger partial charge in [-0.15, -0.1) is 0 Å².